The Kier molecular flexibility index (Phi) is 14.9. The van der Waals surface area contributed by atoms with Crippen molar-refractivity contribution in [1.82, 2.24) is 30.4 Å². The molecule has 3 aliphatic rings. The summed E-state index contributed by atoms with van der Waals surface area (Å²) in [6, 6.07) is 5.91. The largest absolute Gasteiger partial charge is 0.453 e. The van der Waals surface area contributed by atoms with E-state index in [2.05, 4.69) is 60.6 Å². The van der Waals surface area contributed by atoms with Crippen LogP contribution in [0.2, 0.25) is 0 Å². The lowest BCUT2D eigenvalue weighted by Gasteiger charge is -2.37. The molecule has 8 atom stereocenters. The Balaban J connectivity index is 1.39. The summed E-state index contributed by atoms with van der Waals surface area (Å²) in [7, 11) is 2.47. The zero-order chi connectivity index (χ0) is 47.6. The smallest absolute Gasteiger partial charge is 0.407 e. The number of anilines is 1. The second-order valence-corrected chi connectivity index (χ2v) is 20.3. The number of benzene rings is 1. The third-order valence-corrected chi connectivity index (χ3v) is 15.9. The van der Waals surface area contributed by atoms with E-state index in [1.54, 1.807) is 0 Å². The Morgan fingerprint density at radius 3 is 1.48 bits per heavy atom. The zero-order valence-corrected chi connectivity index (χ0v) is 40.6. The number of ether oxygens (including phenoxy) is 2. The Bertz CT molecular complexity index is 2120. The summed E-state index contributed by atoms with van der Waals surface area (Å²) in [5, 5.41) is 10.0. The van der Waals surface area contributed by atoms with Crippen molar-refractivity contribution in [3.05, 3.63) is 62.0 Å². The topological polar surface area (TPSA) is 232 Å². The van der Waals surface area contributed by atoms with Gasteiger partial charge < -0.3 is 46.3 Å². The molecule has 0 saturated carbocycles. The quantitative estimate of drug-likeness (QED) is 0.135. The summed E-state index contributed by atoms with van der Waals surface area (Å²) in [6.45, 7) is 14.5. The number of likely N-dealkylation sites (tertiary alicyclic amines) is 2. The minimum Gasteiger partial charge on any atom is -0.453 e. The summed E-state index contributed by atoms with van der Waals surface area (Å²) < 4.78 is 9.70. The standard InChI is InChI=1S/C46H65N9O8S2/c1-10-26(3)34(51-42(60)62-8)36(56)53-22-12-20-45(53,38(47)58)40-49-30(24-64-40)32-18-19-33(55(32)29-16-14-28(15-17-29)44(5,6)7)31-25-65-41(50-31)46(39(48)59)21-13-23-54(46)37(57)35(27(4)11-2)52-43(61)63-9/h14-17,24-27,32-35H,10-13,18-23H2,1-9H3,(H2,47,58)(H2,48,59)(H,51,60)(H,52,61)/t26-,27-,32-,33-,34-,35-,45-,46-/m0/s1. The molecule has 6 N–H and O–H groups in total. The van der Waals surface area contributed by atoms with Gasteiger partial charge in [0, 0.05) is 29.5 Å². The number of hydrogen-bond acceptors (Lipinski definition) is 13. The Labute approximate surface area is 389 Å². The van der Waals surface area contributed by atoms with Gasteiger partial charge in [0.05, 0.1) is 37.7 Å². The normalized spacial score (nSPS) is 24.0. The SMILES string of the molecule is CC[C@H](C)[C@H](NC(=O)OC)C(=O)N1CCC[C@]1(C(N)=O)c1nc([C@@H]2CC[C@@H](c3csc([C@@]4(C(N)=O)CCCN4C(=O)[C@@H](NC(=O)OC)[C@@H](C)CC)n3)N2c2ccc(C(C)(C)C)cc2)cs1. The number of hydrogen-bond donors (Lipinski definition) is 4. The van der Waals surface area contributed by atoms with Gasteiger partial charge in [-0.25, -0.2) is 19.6 Å². The highest BCUT2D eigenvalue weighted by Crippen LogP contribution is 2.50. The van der Waals surface area contributed by atoms with E-state index >= 15 is 0 Å². The number of nitrogens with two attached hydrogens (primary N) is 2. The molecule has 1 aromatic carbocycles. The maximum atomic E-state index is 14.4. The van der Waals surface area contributed by atoms with E-state index in [4.69, 9.17) is 30.9 Å². The van der Waals surface area contributed by atoms with E-state index in [9.17, 15) is 28.8 Å². The maximum absolute atomic E-state index is 14.4. The van der Waals surface area contributed by atoms with E-state index in [0.717, 1.165) is 11.3 Å². The number of alkyl carbamates (subject to hydrolysis) is 2. The van der Waals surface area contributed by atoms with Crippen molar-refractivity contribution < 1.29 is 38.2 Å². The van der Waals surface area contributed by atoms with Crippen molar-refractivity contribution in [2.75, 3.05) is 32.2 Å². The molecule has 17 nitrogen and oxygen atoms in total. The molecular weight excluding hydrogens is 871 g/mol. The lowest BCUT2D eigenvalue weighted by molar-refractivity contribution is -0.146. The van der Waals surface area contributed by atoms with E-state index < -0.39 is 59.0 Å². The van der Waals surface area contributed by atoms with E-state index in [-0.39, 0.29) is 55.3 Å². The Hall–Kier alpha value is -5.30. The molecule has 2 aromatic heterocycles. The number of methoxy groups -OCH3 is 2. The fourth-order valence-electron chi connectivity index (χ4n) is 9.62. The number of nitrogens with zero attached hydrogens (tertiary/aromatic N) is 5. The Morgan fingerprint density at radius 2 is 1.14 bits per heavy atom. The number of primary amides is 2. The maximum Gasteiger partial charge on any atom is 0.407 e. The van der Waals surface area contributed by atoms with Crippen LogP contribution in [-0.2, 0) is 45.1 Å². The number of carbonyl (C=O) groups is 6. The van der Waals surface area contributed by atoms with Gasteiger partial charge in [0.2, 0.25) is 11.8 Å². The van der Waals surface area contributed by atoms with Gasteiger partial charge in [0.1, 0.15) is 22.1 Å². The number of nitrogens with one attached hydrogen (secondary N) is 2. The Morgan fingerprint density at radius 1 is 0.738 bits per heavy atom. The minimum atomic E-state index is -1.53. The predicted octanol–water partition coefficient (Wildman–Crippen LogP) is 6.13. The minimum absolute atomic E-state index is 0.0993. The molecule has 3 saturated heterocycles. The van der Waals surface area contributed by atoms with Crippen LogP contribution in [0.5, 0.6) is 0 Å². The third-order valence-electron chi connectivity index (χ3n) is 13.8. The molecule has 0 radical (unpaired) electrons. The summed E-state index contributed by atoms with van der Waals surface area (Å²) in [6.07, 6.45) is 2.54. The number of rotatable bonds is 15. The van der Waals surface area contributed by atoms with Crippen LogP contribution in [0, 0.1) is 11.8 Å². The number of thiazole rings is 2. The van der Waals surface area contributed by atoms with Crippen molar-refractivity contribution >= 4 is 64.2 Å². The van der Waals surface area contributed by atoms with Crippen LogP contribution in [0.25, 0.3) is 0 Å². The molecule has 0 bridgehead atoms. The van der Waals surface area contributed by atoms with Gasteiger partial charge in [0.25, 0.3) is 11.8 Å². The molecule has 0 aliphatic carbocycles. The van der Waals surface area contributed by atoms with Crippen molar-refractivity contribution in [3.63, 3.8) is 0 Å². The van der Waals surface area contributed by atoms with E-state index in [1.165, 1.54) is 46.7 Å². The summed E-state index contributed by atoms with van der Waals surface area (Å²) >= 11 is 2.57. The molecule has 354 valence electrons. The van der Waals surface area contributed by atoms with Crippen molar-refractivity contribution in [3.8, 4) is 0 Å². The van der Waals surface area contributed by atoms with Crippen LogP contribution in [0.15, 0.2) is 35.0 Å². The molecule has 3 fully saturated rings. The fraction of sp³-hybridized carbons (Fsp3) is 0.609. The predicted molar refractivity (Wildman–Crippen MR) is 248 cm³/mol. The second kappa shape index (κ2) is 19.7. The number of aromatic nitrogens is 2. The molecular formula is C46H65N9O8S2. The van der Waals surface area contributed by atoms with Crippen LogP contribution in [0.3, 0.4) is 0 Å². The molecule has 5 heterocycles. The zero-order valence-electron chi connectivity index (χ0n) is 39.0. The summed E-state index contributed by atoms with van der Waals surface area (Å²) in [4.78, 5) is 96.6. The van der Waals surface area contributed by atoms with Crippen LogP contribution in [0.4, 0.5) is 15.3 Å². The fourth-order valence-corrected chi connectivity index (χ4v) is 11.8. The molecule has 6 rings (SSSR count). The van der Waals surface area contributed by atoms with E-state index in [0.29, 0.717) is 59.9 Å². The average Bonchev–Trinajstić information content (AvgIpc) is 4.14. The molecule has 6 amide bonds. The molecule has 65 heavy (non-hydrogen) atoms. The lowest BCUT2D eigenvalue weighted by atomic mass is 9.87. The monoisotopic (exact) mass is 935 g/mol. The van der Waals surface area contributed by atoms with Gasteiger partial charge in [-0.3, -0.25) is 19.2 Å². The highest BCUT2D eigenvalue weighted by molar-refractivity contribution is 7.10. The highest BCUT2D eigenvalue weighted by Gasteiger charge is 2.56. The molecule has 19 heteroatoms. The van der Waals surface area contributed by atoms with Gasteiger partial charge in [-0.1, -0.05) is 73.4 Å². The van der Waals surface area contributed by atoms with Crippen molar-refractivity contribution in [1.29, 1.82) is 0 Å². The van der Waals surface area contributed by atoms with Crippen LogP contribution >= 0.6 is 22.7 Å². The lowest BCUT2D eigenvalue weighted by Crippen LogP contribution is -2.59. The summed E-state index contributed by atoms with van der Waals surface area (Å²) in [5.41, 5.74) is 12.8. The van der Waals surface area contributed by atoms with Gasteiger partial charge in [-0.05, 0) is 73.5 Å². The van der Waals surface area contributed by atoms with Gasteiger partial charge >= 0.3 is 12.2 Å². The first-order valence-corrected chi connectivity index (χ1v) is 24.3. The van der Waals surface area contributed by atoms with Crippen LogP contribution < -0.4 is 27.0 Å². The van der Waals surface area contributed by atoms with Crippen molar-refractivity contribution in [2.45, 2.75) is 140 Å². The summed E-state index contributed by atoms with van der Waals surface area (Å²) in [5.74, 6) is -2.77. The van der Waals surface area contributed by atoms with Crippen LogP contribution in [-0.4, -0.2) is 95.0 Å². The number of carbonyl (C=O) groups excluding carboxylic acids is 6. The number of amides is 6. The first-order valence-electron chi connectivity index (χ1n) is 22.5. The van der Waals surface area contributed by atoms with Gasteiger partial charge in [-0.15, -0.1) is 22.7 Å². The third kappa shape index (κ3) is 9.14. The van der Waals surface area contributed by atoms with E-state index in [1.807, 2.05) is 38.5 Å². The van der Waals surface area contributed by atoms with Crippen molar-refractivity contribution in [2.24, 2.45) is 23.3 Å². The first kappa shape index (κ1) is 49.1. The highest BCUT2D eigenvalue weighted by atomic mass is 32.1. The second-order valence-electron chi connectivity index (χ2n) is 18.6. The van der Waals surface area contributed by atoms with Crippen LogP contribution in [0.1, 0.15) is 139 Å². The molecule has 3 aliphatic heterocycles. The average molecular weight is 936 g/mol. The molecule has 3 aromatic rings. The molecule has 0 unspecified atom stereocenters. The van der Waals surface area contributed by atoms with Gasteiger partial charge in [0.15, 0.2) is 11.1 Å². The van der Waals surface area contributed by atoms with Gasteiger partial charge in [-0.2, -0.15) is 0 Å². The molecule has 0 spiro atoms. The first-order chi connectivity index (χ1) is 30.8.